The molecule has 610 valence electrons. The first-order chi connectivity index (χ1) is 54.8. The zero-order valence-corrected chi connectivity index (χ0v) is 65.2. The molecule has 2 fully saturated rings. The Hall–Kier alpha value is -11.8. The maximum atomic E-state index is 14.8. The summed E-state index contributed by atoms with van der Waals surface area (Å²) in [5, 5.41) is 64.3. The quantitative estimate of drug-likeness (QED) is 0.0133. The van der Waals surface area contributed by atoms with Gasteiger partial charge in [-0.3, -0.25) is 68.4 Å². The van der Waals surface area contributed by atoms with Gasteiger partial charge in [0.25, 0.3) is 0 Å². The van der Waals surface area contributed by atoms with Crippen molar-refractivity contribution in [3.8, 4) is 11.5 Å². The number of benzene rings is 6. The first-order valence-electron chi connectivity index (χ1n) is 39.6. The summed E-state index contributed by atoms with van der Waals surface area (Å²) in [5.41, 5.74) is 13.8. The second kappa shape index (κ2) is 45.1. The summed E-state index contributed by atoms with van der Waals surface area (Å²) in [7, 11) is 2.88. The molecule has 0 saturated carbocycles. The second-order valence-electron chi connectivity index (χ2n) is 29.8. The number of ketones is 2. The Kier molecular flexibility index (Phi) is 34.7. The largest absolute Gasteiger partial charge is 0.508 e. The summed E-state index contributed by atoms with van der Waals surface area (Å²) < 4.78 is 0. The van der Waals surface area contributed by atoms with E-state index < -0.39 is 120 Å². The number of Topliss-reactive ketones (excluding diaryl/α,β-unsaturated/α-hetero) is 2. The molecular formula is C85H111N15O14. The van der Waals surface area contributed by atoms with E-state index in [1.54, 1.807) is 24.3 Å². The number of hydrogen-bond acceptors (Lipinski definition) is 16. The van der Waals surface area contributed by atoms with Gasteiger partial charge in [0.1, 0.15) is 59.6 Å². The van der Waals surface area contributed by atoms with Gasteiger partial charge in [0.05, 0.1) is 18.9 Å². The Morgan fingerprint density at radius 1 is 0.421 bits per heavy atom. The van der Waals surface area contributed by atoms with Crippen LogP contribution in [0.2, 0.25) is 0 Å². The molecule has 2 aliphatic rings. The summed E-state index contributed by atoms with van der Waals surface area (Å²) in [4.78, 5) is 173. The molecule has 0 bridgehead atoms. The van der Waals surface area contributed by atoms with Crippen molar-refractivity contribution in [1.29, 1.82) is 10.8 Å². The maximum Gasteiger partial charge on any atom is 0.245 e. The number of phenolic OH excluding ortho intramolecular Hbond substituents is 2. The van der Waals surface area contributed by atoms with E-state index in [0.717, 1.165) is 52.8 Å². The molecule has 6 aromatic rings. The van der Waals surface area contributed by atoms with Gasteiger partial charge in [0, 0.05) is 84.5 Å². The van der Waals surface area contributed by atoms with Gasteiger partial charge >= 0.3 is 0 Å². The van der Waals surface area contributed by atoms with Crippen molar-refractivity contribution < 1.29 is 67.7 Å². The zero-order chi connectivity index (χ0) is 82.1. The fourth-order valence-corrected chi connectivity index (χ4v) is 14.4. The van der Waals surface area contributed by atoms with Crippen LogP contribution in [-0.4, -0.2) is 185 Å². The third kappa shape index (κ3) is 28.8. The molecular weight excluding hydrogens is 1460 g/mol. The van der Waals surface area contributed by atoms with Crippen molar-refractivity contribution in [1.82, 2.24) is 57.7 Å². The van der Waals surface area contributed by atoms with E-state index in [4.69, 9.17) is 22.3 Å². The Morgan fingerprint density at radius 2 is 0.842 bits per heavy atom. The van der Waals surface area contributed by atoms with Crippen LogP contribution in [-0.2, 0) is 83.2 Å². The third-order valence-corrected chi connectivity index (χ3v) is 20.9. The van der Waals surface area contributed by atoms with E-state index in [1.807, 2.05) is 84.9 Å². The highest BCUT2D eigenvalue weighted by Gasteiger charge is 2.39. The smallest absolute Gasteiger partial charge is 0.245 e. The number of phenols is 2. The predicted molar refractivity (Wildman–Crippen MR) is 433 cm³/mol. The molecule has 0 aromatic heterocycles. The summed E-state index contributed by atoms with van der Waals surface area (Å²) in [5.74, 6) is -8.01. The van der Waals surface area contributed by atoms with Gasteiger partial charge in [-0.25, -0.2) is 0 Å². The SMILES string of the molecule is CN1C(=O)[C@@H](Cc2ccc(O)cc2)CC(=O)CNC(=O)[C@H](Cc2ccc3ccccc3c2)NC(=O)[C@H](CCCCC(=N)N)NC(=O)C1CCCCC(=O)CCCCCCCCC(=O)NCCC[C@@H]1C(=O)N[C@@H](CCCNC(=N)N)C(=O)N[C@@H](Cc2ccc3ccccc3c2)C(=O)NCC(=O)N[C@H](Cc2ccc(O)cc2)C(=O)N1C. The number of nitrogens with one attached hydrogen (secondary N) is 11. The lowest BCUT2D eigenvalue weighted by Crippen LogP contribution is -2.58. The van der Waals surface area contributed by atoms with Gasteiger partial charge in [0.15, 0.2) is 11.7 Å². The van der Waals surface area contributed by atoms with Crippen molar-refractivity contribution >= 4 is 104 Å². The number of rotatable bonds is 35. The van der Waals surface area contributed by atoms with Crippen LogP contribution in [0.1, 0.15) is 157 Å². The van der Waals surface area contributed by atoms with Gasteiger partial charge in [0.2, 0.25) is 59.1 Å². The topological polar surface area (TPSA) is 460 Å². The summed E-state index contributed by atoms with van der Waals surface area (Å²) in [6.45, 7) is -0.719. The summed E-state index contributed by atoms with van der Waals surface area (Å²) >= 11 is 0. The van der Waals surface area contributed by atoms with E-state index in [0.29, 0.717) is 61.6 Å². The molecule has 29 heteroatoms. The van der Waals surface area contributed by atoms with Crippen LogP contribution in [0.4, 0.5) is 0 Å². The third-order valence-electron chi connectivity index (χ3n) is 20.9. The number of nitrogens with two attached hydrogens (primary N) is 2. The van der Waals surface area contributed by atoms with Gasteiger partial charge < -0.3 is 79.3 Å². The van der Waals surface area contributed by atoms with E-state index in [2.05, 4.69) is 47.9 Å². The Balaban J connectivity index is 0.834. The number of aromatic hydroxyl groups is 2. The number of amides is 10. The van der Waals surface area contributed by atoms with Crippen molar-refractivity contribution in [3.63, 3.8) is 0 Å². The van der Waals surface area contributed by atoms with E-state index >= 15 is 0 Å². The lowest BCUT2D eigenvalue weighted by atomic mass is 9.91. The van der Waals surface area contributed by atoms with Crippen molar-refractivity contribution in [3.05, 3.63) is 156 Å². The molecule has 17 N–H and O–H groups in total. The molecule has 8 atom stereocenters. The number of hydrogen-bond donors (Lipinski definition) is 15. The molecule has 0 radical (unpaired) electrons. The molecule has 2 heterocycles. The van der Waals surface area contributed by atoms with Crippen LogP contribution >= 0.6 is 0 Å². The maximum absolute atomic E-state index is 14.8. The molecule has 2 aliphatic heterocycles. The van der Waals surface area contributed by atoms with Crippen LogP contribution in [0.3, 0.4) is 0 Å². The predicted octanol–water partition coefficient (Wildman–Crippen LogP) is 5.49. The highest BCUT2D eigenvalue weighted by atomic mass is 16.3. The number of carbonyl (C=O) groups is 12. The van der Waals surface area contributed by atoms with Gasteiger partial charge in [-0.05, 0) is 139 Å². The molecule has 10 amide bonds. The number of nitrogens with zero attached hydrogens (tertiary/aromatic N) is 2. The molecule has 1 unspecified atom stereocenters. The van der Waals surface area contributed by atoms with Crippen LogP contribution in [0.5, 0.6) is 11.5 Å². The molecule has 114 heavy (non-hydrogen) atoms. The lowest BCUT2D eigenvalue weighted by molar-refractivity contribution is -0.144. The minimum absolute atomic E-state index is 0.00227. The van der Waals surface area contributed by atoms with E-state index in [1.165, 1.54) is 48.2 Å². The Labute approximate surface area is 664 Å². The number of amidine groups is 1. The first-order valence-corrected chi connectivity index (χ1v) is 39.6. The number of carbonyl (C=O) groups excluding carboxylic acids is 12. The standard InChI is InChI=1S/C85H111N15O14/c1-99-72(81(111)95-67(25-14-16-29-74(86)87)79(109)97-69(49-56-31-37-58-19-9-11-21-60(58)46-56)77(107)92-52-66(104)51-62(83(99)113)45-54-33-39-64(102)40-34-54)27-15-13-24-63(101)23-7-5-3-4-6-8-30-75(105)90-43-18-28-73-82(112)96-68(26-17-44-91-85(88)89)80(110)98-70(50-57-32-38-59-20-10-12-22-61(59)47-57)78(108)93-53-76(106)94-71(84(114)100(73)2)48-55-35-41-65(103)42-36-55/h9-12,19-22,31-42,46-47,62,67-73,102-103H,3-8,13-18,23-30,43-45,48-53H2,1-2H3,(H3,86,87)(H,90,105)(H,92,107)(H,93,108)(H,94,106)(H,95,111)(H,96,112)(H,97,109)(H,98,110)(H4,88,89,91)/t62-,67-,68-,69-,70-,71+,72?,73+/m0/s1. The van der Waals surface area contributed by atoms with Crippen LogP contribution in [0.15, 0.2) is 133 Å². The number of likely N-dealkylation sites (N-methyl/N-ethyl adjacent to an activating group) is 2. The van der Waals surface area contributed by atoms with Crippen molar-refractivity contribution in [2.24, 2.45) is 17.4 Å². The zero-order valence-electron chi connectivity index (χ0n) is 65.2. The van der Waals surface area contributed by atoms with Crippen LogP contribution in [0.25, 0.3) is 21.5 Å². The molecule has 0 aliphatic carbocycles. The summed E-state index contributed by atoms with van der Waals surface area (Å²) in [6, 6.07) is 30.3. The normalized spacial score (nSPS) is 20.0. The molecule has 6 aromatic carbocycles. The Bertz CT molecular complexity index is 4080. The number of unbranched alkanes of at least 4 members (excludes halogenated alkanes) is 7. The van der Waals surface area contributed by atoms with Crippen molar-refractivity contribution in [2.75, 3.05) is 40.3 Å². The highest BCUT2D eigenvalue weighted by molar-refractivity contribution is 5.99. The minimum atomic E-state index is -1.27. The van der Waals surface area contributed by atoms with E-state index in [-0.39, 0.29) is 138 Å². The number of fused-ring (bicyclic) bond motifs is 2. The highest BCUT2D eigenvalue weighted by Crippen LogP contribution is 2.25. The molecule has 29 nitrogen and oxygen atoms in total. The molecule has 2 saturated heterocycles. The molecule has 0 spiro atoms. The fourth-order valence-electron chi connectivity index (χ4n) is 14.4. The van der Waals surface area contributed by atoms with Gasteiger partial charge in [-0.2, -0.15) is 0 Å². The van der Waals surface area contributed by atoms with Crippen LogP contribution in [0, 0.1) is 16.7 Å². The molecule has 8 rings (SSSR count). The second-order valence-corrected chi connectivity index (χ2v) is 29.8. The van der Waals surface area contributed by atoms with Crippen molar-refractivity contribution in [2.45, 2.75) is 203 Å². The van der Waals surface area contributed by atoms with Crippen LogP contribution < -0.4 is 59.3 Å². The monoisotopic (exact) mass is 1570 g/mol. The average Bonchev–Trinajstić information content (AvgIpc) is 1.12. The first kappa shape index (κ1) is 87.8. The van der Waals surface area contributed by atoms with Gasteiger partial charge in [-0.15, -0.1) is 0 Å². The minimum Gasteiger partial charge on any atom is -0.508 e. The van der Waals surface area contributed by atoms with E-state index in [9.17, 15) is 67.7 Å². The average molecular weight is 1570 g/mol. The van der Waals surface area contributed by atoms with Gasteiger partial charge in [-0.1, -0.05) is 148 Å². The lowest BCUT2D eigenvalue weighted by Gasteiger charge is -2.32. The Morgan fingerprint density at radius 3 is 1.39 bits per heavy atom. The fraction of sp³-hybridized carbons (Fsp3) is 0.459. The summed E-state index contributed by atoms with van der Waals surface area (Å²) in [6.07, 6.45) is 7.27. The number of guanidine groups is 1.